The molecule has 0 fully saturated rings. The van der Waals surface area contributed by atoms with Crippen molar-refractivity contribution in [3.8, 4) is 0 Å². The Bertz CT molecular complexity index is 329. The number of halogens is 1. The lowest BCUT2D eigenvalue weighted by atomic mass is 9.81. The van der Waals surface area contributed by atoms with Gasteiger partial charge >= 0.3 is 0 Å². The predicted octanol–water partition coefficient (Wildman–Crippen LogP) is 0.650. The van der Waals surface area contributed by atoms with Crippen molar-refractivity contribution in [2.45, 2.75) is 33.1 Å². The Kier molecular flexibility index (Phi) is 7.54. The molecule has 1 rings (SSSR count). The number of amides is 1. The molecule has 0 bridgehead atoms. The molecule has 4 N–H and O–H groups in total. The quantitative estimate of drug-likeness (QED) is 0.681. The molecule has 0 atom stereocenters. The molecule has 0 saturated carbocycles. The van der Waals surface area contributed by atoms with Crippen LogP contribution in [0.3, 0.4) is 0 Å². The van der Waals surface area contributed by atoms with Crippen LogP contribution in [-0.2, 0) is 11.2 Å². The lowest BCUT2D eigenvalue weighted by molar-refractivity contribution is -0.131. The number of carbonyl (C=O) groups is 1. The van der Waals surface area contributed by atoms with E-state index >= 15 is 0 Å². The van der Waals surface area contributed by atoms with E-state index in [0.717, 1.165) is 18.7 Å². The number of nitrogens with two attached hydrogens (primary N) is 1. The number of rotatable bonds is 7. The van der Waals surface area contributed by atoms with Crippen LogP contribution in [0.15, 0.2) is 6.33 Å². The maximum absolute atomic E-state index is 12.0. The Hall–Kier alpha value is -1.14. The second kappa shape index (κ2) is 8.05. The average Bonchev–Trinajstić information content (AvgIpc) is 2.85. The molecule has 1 heterocycles. The summed E-state index contributed by atoms with van der Waals surface area (Å²) in [6.45, 7) is 4.92. The summed E-state index contributed by atoms with van der Waals surface area (Å²) in [6.07, 6.45) is 3.63. The first-order chi connectivity index (χ1) is 8.18. The molecule has 0 aromatic carbocycles. The van der Waals surface area contributed by atoms with Gasteiger partial charge in [-0.3, -0.25) is 9.89 Å². The number of carbonyl (C=O) groups excluding carboxylic acids is 1. The van der Waals surface area contributed by atoms with Gasteiger partial charge in [-0.25, -0.2) is 4.98 Å². The van der Waals surface area contributed by atoms with Gasteiger partial charge in [0.15, 0.2) is 0 Å². The van der Waals surface area contributed by atoms with Crippen LogP contribution >= 0.6 is 12.4 Å². The number of nitrogens with zero attached hydrogens (tertiary/aromatic N) is 2. The van der Waals surface area contributed by atoms with Crippen molar-refractivity contribution in [1.29, 1.82) is 0 Å². The van der Waals surface area contributed by atoms with Crippen LogP contribution < -0.4 is 11.1 Å². The molecule has 0 saturated heterocycles. The fourth-order valence-corrected chi connectivity index (χ4v) is 1.79. The Morgan fingerprint density at radius 1 is 1.50 bits per heavy atom. The molecule has 7 heteroatoms. The highest BCUT2D eigenvalue weighted by Crippen LogP contribution is 2.24. The van der Waals surface area contributed by atoms with E-state index in [1.807, 2.05) is 13.8 Å². The molecule has 104 valence electrons. The van der Waals surface area contributed by atoms with Crippen LogP contribution in [-0.4, -0.2) is 34.2 Å². The van der Waals surface area contributed by atoms with Crippen LogP contribution in [0.2, 0.25) is 0 Å². The number of aromatic amines is 1. The Balaban J connectivity index is 0.00000289. The Morgan fingerprint density at radius 3 is 2.61 bits per heavy atom. The summed E-state index contributed by atoms with van der Waals surface area (Å²) in [5.74, 6) is 0.807. The van der Waals surface area contributed by atoms with Gasteiger partial charge in [0.2, 0.25) is 5.91 Å². The summed E-state index contributed by atoms with van der Waals surface area (Å²) in [7, 11) is 0. The molecule has 18 heavy (non-hydrogen) atoms. The van der Waals surface area contributed by atoms with Crippen molar-refractivity contribution in [2.75, 3.05) is 13.1 Å². The largest absolute Gasteiger partial charge is 0.355 e. The molecule has 1 aromatic rings. The molecular formula is C11H22ClN5O. The smallest absolute Gasteiger partial charge is 0.227 e. The average molecular weight is 276 g/mol. The lowest BCUT2D eigenvalue weighted by Crippen LogP contribution is -2.45. The lowest BCUT2D eigenvalue weighted by Gasteiger charge is -2.28. The molecular weight excluding hydrogens is 254 g/mol. The topological polar surface area (TPSA) is 96.7 Å². The maximum atomic E-state index is 12.0. The van der Waals surface area contributed by atoms with E-state index in [9.17, 15) is 4.79 Å². The summed E-state index contributed by atoms with van der Waals surface area (Å²) in [5, 5.41) is 9.41. The molecule has 0 aliphatic carbocycles. The van der Waals surface area contributed by atoms with E-state index in [2.05, 4.69) is 20.5 Å². The summed E-state index contributed by atoms with van der Waals surface area (Å²) >= 11 is 0. The van der Waals surface area contributed by atoms with Crippen molar-refractivity contribution in [3.05, 3.63) is 12.2 Å². The summed E-state index contributed by atoms with van der Waals surface area (Å²) in [5.41, 5.74) is 5.28. The van der Waals surface area contributed by atoms with Crippen LogP contribution in [0.4, 0.5) is 0 Å². The third-order valence-electron chi connectivity index (χ3n) is 3.34. The summed E-state index contributed by atoms with van der Waals surface area (Å²) in [4.78, 5) is 16.0. The van der Waals surface area contributed by atoms with Gasteiger partial charge in [-0.1, -0.05) is 13.8 Å². The van der Waals surface area contributed by atoms with Crippen molar-refractivity contribution < 1.29 is 4.79 Å². The number of nitrogens with one attached hydrogen (secondary N) is 2. The first-order valence-electron chi connectivity index (χ1n) is 6.01. The molecule has 1 amide bonds. The first-order valence-corrected chi connectivity index (χ1v) is 6.01. The second-order valence-electron chi connectivity index (χ2n) is 4.13. The highest BCUT2D eigenvalue weighted by atomic mass is 35.5. The molecule has 0 unspecified atom stereocenters. The number of hydrogen-bond donors (Lipinski definition) is 3. The molecule has 0 spiro atoms. The zero-order valence-electron chi connectivity index (χ0n) is 10.9. The zero-order chi connectivity index (χ0) is 12.7. The van der Waals surface area contributed by atoms with Gasteiger partial charge in [-0.05, 0) is 12.8 Å². The van der Waals surface area contributed by atoms with Crippen molar-refractivity contribution in [2.24, 2.45) is 11.1 Å². The minimum atomic E-state index is -0.429. The molecule has 6 nitrogen and oxygen atoms in total. The van der Waals surface area contributed by atoms with Crippen LogP contribution in [0.1, 0.15) is 32.5 Å². The SMILES string of the molecule is CCC(CC)(CN)C(=O)NCCc1ncn[nH]1.Cl. The van der Waals surface area contributed by atoms with Gasteiger partial charge in [0.05, 0.1) is 5.41 Å². The zero-order valence-corrected chi connectivity index (χ0v) is 11.7. The molecule has 0 aliphatic heterocycles. The van der Waals surface area contributed by atoms with Crippen LogP contribution in [0.5, 0.6) is 0 Å². The normalized spacial score (nSPS) is 10.8. The van der Waals surface area contributed by atoms with E-state index in [1.54, 1.807) is 0 Å². The maximum Gasteiger partial charge on any atom is 0.227 e. The van der Waals surface area contributed by atoms with Crippen molar-refractivity contribution in [3.63, 3.8) is 0 Å². The van der Waals surface area contributed by atoms with Crippen molar-refractivity contribution in [1.82, 2.24) is 20.5 Å². The monoisotopic (exact) mass is 275 g/mol. The molecule has 1 aromatic heterocycles. The molecule has 0 radical (unpaired) electrons. The third kappa shape index (κ3) is 3.96. The van der Waals surface area contributed by atoms with Gasteiger partial charge in [0, 0.05) is 19.5 Å². The Morgan fingerprint density at radius 2 is 2.17 bits per heavy atom. The van der Waals surface area contributed by atoms with Gasteiger partial charge in [0.25, 0.3) is 0 Å². The fourth-order valence-electron chi connectivity index (χ4n) is 1.79. The van der Waals surface area contributed by atoms with Crippen molar-refractivity contribution >= 4 is 18.3 Å². The number of hydrogen-bond acceptors (Lipinski definition) is 4. The van der Waals surface area contributed by atoms with Crippen LogP contribution in [0.25, 0.3) is 0 Å². The number of H-pyrrole nitrogens is 1. The fraction of sp³-hybridized carbons (Fsp3) is 0.727. The predicted molar refractivity (Wildman–Crippen MR) is 72.4 cm³/mol. The number of aromatic nitrogens is 3. The first kappa shape index (κ1) is 16.9. The second-order valence-corrected chi connectivity index (χ2v) is 4.13. The minimum Gasteiger partial charge on any atom is -0.355 e. The standard InChI is InChI=1S/C11H21N5O.ClH/c1-3-11(4-2,7-12)10(17)13-6-5-9-14-8-15-16-9;/h8H,3-7,12H2,1-2H3,(H,13,17)(H,14,15,16);1H. The highest BCUT2D eigenvalue weighted by molar-refractivity contribution is 5.85. The van der Waals surface area contributed by atoms with Gasteiger partial charge in [-0.15, -0.1) is 12.4 Å². The summed E-state index contributed by atoms with van der Waals surface area (Å²) < 4.78 is 0. The minimum absolute atomic E-state index is 0. The van der Waals surface area contributed by atoms with E-state index in [4.69, 9.17) is 5.73 Å². The highest BCUT2D eigenvalue weighted by Gasteiger charge is 2.32. The van der Waals surface area contributed by atoms with Gasteiger partial charge in [0.1, 0.15) is 12.2 Å². The Labute approximate surface area is 114 Å². The summed E-state index contributed by atoms with van der Waals surface area (Å²) in [6, 6.07) is 0. The van der Waals surface area contributed by atoms with E-state index < -0.39 is 5.41 Å². The van der Waals surface area contributed by atoms with Crippen LogP contribution in [0, 0.1) is 5.41 Å². The third-order valence-corrected chi connectivity index (χ3v) is 3.34. The van der Waals surface area contributed by atoms with E-state index in [-0.39, 0.29) is 18.3 Å². The van der Waals surface area contributed by atoms with E-state index in [0.29, 0.717) is 19.5 Å². The van der Waals surface area contributed by atoms with Gasteiger partial charge in [-0.2, -0.15) is 5.10 Å². The van der Waals surface area contributed by atoms with Gasteiger partial charge < -0.3 is 11.1 Å². The molecule has 0 aliphatic rings. The van der Waals surface area contributed by atoms with E-state index in [1.165, 1.54) is 6.33 Å².